The topological polar surface area (TPSA) is 59.4 Å². The fourth-order valence-corrected chi connectivity index (χ4v) is 15.7. The summed E-state index contributed by atoms with van der Waals surface area (Å²) in [6.07, 6.45) is 6.15. The summed E-state index contributed by atoms with van der Waals surface area (Å²) in [6, 6.07) is 87.1. The quantitative estimate of drug-likeness (QED) is 0.0959. The highest BCUT2D eigenvalue weighted by atomic mass is 28.3. The van der Waals surface area contributed by atoms with Crippen LogP contribution in [-0.4, -0.2) is 27.2 Å². The molecule has 12 rings (SSSR count). The molecule has 12 aromatic rings. The van der Waals surface area contributed by atoms with Crippen LogP contribution in [0.5, 0.6) is 0 Å². The molecular weight excluding hydrogens is 891 g/mol. The van der Waals surface area contributed by atoms with E-state index in [4.69, 9.17) is 9.97 Å². The van der Waals surface area contributed by atoms with Gasteiger partial charge in [-0.25, -0.2) is 4.98 Å². The molecule has 0 saturated carbocycles. The Labute approximate surface area is 420 Å². The van der Waals surface area contributed by atoms with E-state index in [9.17, 15) is 5.26 Å². The van der Waals surface area contributed by atoms with Crippen molar-refractivity contribution in [2.45, 2.75) is 6.92 Å². The fraction of sp³-hybridized carbons (Fsp3) is 0.0152. The molecule has 0 radical (unpaired) electrons. The molecule has 9 aromatic carbocycles. The fourth-order valence-electron chi connectivity index (χ4n) is 10.8. The molecule has 0 fully saturated rings. The molecule has 0 saturated heterocycles. The van der Waals surface area contributed by atoms with Crippen molar-refractivity contribution in [1.29, 1.82) is 5.26 Å². The van der Waals surface area contributed by atoms with Crippen molar-refractivity contribution in [1.82, 2.24) is 19.1 Å². The Hall–Kier alpha value is -9.41. The molecular formula is C66H47N5Si. The Balaban J connectivity index is 1.17. The van der Waals surface area contributed by atoms with Gasteiger partial charge in [0.05, 0.1) is 39.6 Å². The van der Waals surface area contributed by atoms with E-state index < -0.39 is 8.07 Å². The molecule has 0 aliphatic carbocycles. The Bertz CT molecular complexity index is 4000. The van der Waals surface area contributed by atoms with Crippen LogP contribution in [-0.2, 0) is 0 Å². The Morgan fingerprint density at radius 2 is 0.958 bits per heavy atom. The summed E-state index contributed by atoms with van der Waals surface area (Å²) in [5.74, 6) is 1.22. The highest BCUT2D eigenvalue weighted by Gasteiger charge is 2.42. The van der Waals surface area contributed by atoms with Gasteiger partial charge >= 0.3 is 0 Å². The number of rotatable bonds is 11. The van der Waals surface area contributed by atoms with Gasteiger partial charge in [0, 0.05) is 33.4 Å². The summed E-state index contributed by atoms with van der Waals surface area (Å²) in [6.45, 7) is 6.40. The zero-order valence-corrected chi connectivity index (χ0v) is 40.7. The first-order valence-corrected chi connectivity index (χ1v) is 26.3. The van der Waals surface area contributed by atoms with Crippen LogP contribution >= 0.6 is 0 Å². The predicted molar refractivity (Wildman–Crippen MR) is 303 cm³/mol. The van der Waals surface area contributed by atoms with E-state index in [0.29, 0.717) is 17.3 Å². The van der Waals surface area contributed by atoms with Crippen LogP contribution in [0.15, 0.2) is 249 Å². The van der Waals surface area contributed by atoms with Gasteiger partial charge in [-0.1, -0.05) is 219 Å². The maximum atomic E-state index is 10.0. The van der Waals surface area contributed by atoms with Crippen molar-refractivity contribution in [3.8, 4) is 51.3 Å². The molecule has 0 atom stereocenters. The monoisotopic (exact) mass is 937 g/mol. The summed E-state index contributed by atoms with van der Waals surface area (Å²) < 4.78 is 4.35. The van der Waals surface area contributed by atoms with E-state index in [-0.39, 0.29) is 0 Å². The van der Waals surface area contributed by atoms with Crippen LogP contribution in [0.4, 0.5) is 0 Å². The lowest BCUT2D eigenvalue weighted by molar-refractivity contribution is 0.936. The average Bonchev–Trinajstić information content (AvgIpc) is 3.96. The number of benzene rings is 9. The Morgan fingerprint density at radius 3 is 1.56 bits per heavy atom. The molecule has 5 nitrogen and oxygen atoms in total. The van der Waals surface area contributed by atoms with E-state index in [1.54, 1.807) is 0 Å². The number of para-hydroxylation sites is 2. The lowest BCUT2D eigenvalue weighted by Crippen LogP contribution is -2.74. The van der Waals surface area contributed by atoms with Crippen molar-refractivity contribution < 1.29 is 0 Å². The average molecular weight is 938 g/mol. The molecule has 6 heteroatoms. The minimum atomic E-state index is -3.18. The highest BCUT2D eigenvalue weighted by molar-refractivity contribution is 7.20. The zero-order chi connectivity index (χ0) is 48.6. The minimum absolute atomic E-state index is 0.516. The van der Waals surface area contributed by atoms with Crippen molar-refractivity contribution in [2.75, 3.05) is 0 Å². The molecule has 0 bridgehead atoms. The summed E-state index contributed by atoms with van der Waals surface area (Å²) >= 11 is 0. The standard InChI is InChI=1S/C66H47N5Si/c1-3-21-56-57-34-14-16-36-62(57)70(61(56)4-2)65-44-60(68-66(69-65)71-63-37-17-15-35-58(63)59-40-46(45-67)38-39-64(59)71)51-28-20-33-55(43-51)72(52-29-12-7-13-30-52,53-31-18-26-49(41-53)47-22-8-5-9-23-47)54-32-19-27-50(42-54)48-24-10-6-11-25-48/h3-44H,2H2,1H3/b21-3-. The van der Waals surface area contributed by atoms with E-state index >= 15 is 0 Å². The number of nitriles is 1. The summed E-state index contributed by atoms with van der Waals surface area (Å²) in [5.41, 5.74) is 11.9. The summed E-state index contributed by atoms with van der Waals surface area (Å²) in [5, 5.41) is 18.1. The molecule has 0 unspecified atom stereocenters. The molecule has 0 spiro atoms. The second-order valence-electron chi connectivity index (χ2n) is 18.1. The minimum Gasteiger partial charge on any atom is -0.294 e. The number of aromatic nitrogens is 4. The molecule has 340 valence electrons. The number of hydrogen-bond donors (Lipinski definition) is 0. The van der Waals surface area contributed by atoms with E-state index in [1.807, 2.05) is 43.3 Å². The maximum Gasteiger partial charge on any atom is 0.237 e. The molecule has 0 aliphatic heterocycles. The lowest BCUT2D eigenvalue weighted by atomic mass is 10.1. The number of hydrogen-bond acceptors (Lipinski definition) is 3. The molecule has 3 heterocycles. The van der Waals surface area contributed by atoms with Gasteiger partial charge < -0.3 is 0 Å². The highest BCUT2D eigenvalue weighted by Crippen LogP contribution is 2.36. The lowest BCUT2D eigenvalue weighted by Gasteiger charge is -2.35. The summed E-state index contributed by atoms with van der Waals surface area (Å²) in [7, 11) is -3.18. The molecule has 0 N–H and O–H groups in total. The van der Waals surface area contributed by atoms with Crippen LogP contribution in [0.1, 0.15) is 23.7 Å². The second kappa shape index (κ2) is 18.5. The van der Waals surface area contributed by atoms with Crippen LogP contribution in [0, 0.1) is 11.3 Å². The third-order valence-electron chi connectivity index (χ3n) is 14.0. The predicted octanol–water partition coefficient (Wildman–Crippen LogP) is 13.4. The Morgan fingerprint density at radius 1 is 0.458 bits per heavy atom. The molecule has 0 amide bonds. The van der Waals surface area contributed by atoms with E-state index in [2.05, 4.69) is 240 Å². The van der Waals surface area contributed by atoms with Crippen LogP contribution in [0.3, 0.4) is 0 Å². The van der Waals surface area contributed by atoms with Gasteiger partial charge in [0.2, 0.25) is 5.95 Å². The van der Waals surface area contributed by atoms with Gasteiger partial charge in [-0.3, -0.25) is 9.13 Å². The van der Waals surface area contributed by atoms with E-state index in [1.165, 1.54) is 43.0 Å². The second-order valence-corrected chi connectivity index (χ2v) is 21.9. The first-order chi connectivity index (χ1) is 35.6. The van der Waals surface area contributed by atoms with Gasteiger partial charge in [0.1, 0.15) is 5.82 Å². The van der Waals surface area contributed by atoms with Gasteiger partial charge in [-0.2, -0.15) is 10.2 Å². The summed E-state index contributed by atoms with van der Waals surface area (Å²) in [4.78, 5) is 11.1. The first-order valence-electron chi connectivity index (χ1n) is 24.3. The van der Waals surface area contributed by atoms with Gasteiger partial charge in [-0.05, 0) is 86.3 Å². The van der Waals surface area contributed by atoms with Crippen molar-refractivity contribution in [3.63, 3.8) is 0 Å². The third-order valence-corrected chi connectivity index (χ3v) is 18.7. The van der Waals surface area contributed by atoms with Gasteiger partial charge in [0.25, 0.3) is 0 Å². The zero-order valence-electron chi connectivity index (χ0n) is 39.7. The SMILES string of the molecule is C=Cc1c(/C=C\C)c2ccccc2n1-c1cc(-c2cccc([Si](c3ccccc3)(c3cccc(-c4ccccc4)c3)c3cccc(-c4ccccc4)c3)c2)nc(-n2c3ccccc3c3cc(C#N)ccc32)n1. The molecule has 0 aliphatic rings. The number of nitrogens with zero attached hydrogens (tertiary/aromatic N) is 5. The van der Waals surface area contributed by atoms with Crippen molar-refractivity contribution in [2.24, 2.45) is 0 Å². The van der Waals surface area contributed by atoms with Crippen LogP contribution in [0.25, 0.3) is 90.1 Å². The van der Waals surface area contributed by atoms with Crippen LogP contribution < -0.4 is 20.7 Å². The van der Waals surface area contributed by atoms with Crippen molar-refractivity contribution in [3.05, 3.63) is 266 Å². The maximum absolute atomic E-state index is 10.0. The van der Waals surface area contributed by atoms with E-state index in [0.717, 1.165) is 55.2 Å². The normalized spacial score (nSPS) is 11.7. The largest absolute Gasteiger partial charge is 0.294 e. The third kappa shape index (κ3) is 7.39. The van der Waals surface area contributed by atoms with Crippen LogP contribution in [0.2, 0.25) is 0 Å². The molecule has 72 heavy (non-hydrogen) atoms. The first kappa shape index (κ1) is 43.8. The number of allylic oxidation sites excluding steroid dienone is 1. The number of fused-ring (bicyclic) bond motifs is 4. The van der Waals surface area contributed by atoms with Gasteiger partial charge in [-0.15, -0.1) is 0 Å². The Kier molecular flexibility index (Phi) is 11.3. The smallest absolute Gasteiger partial charge is 0.237 e. The molecule has 3 aromatic heterocycles. The van der Waals surface area contributed by atoms with Gasteiger partial charge in [0.15, 0.2) is 8.07 Å². The van der Waals surface area contributed by atoms with Crippen molar-refractivity contribution >= 4 is 73.7 Å².